The van der Waals surface area contributed by atoms with Gasteiger partial charge < -0.3 is 0 Å². The van der Waals surface area contributed by atoms with Crippen LogP contribution in [0, 0.1) is 0 Å². The Balaban J connectivity index is 0.980. The number of nitrogens with zero attached hydrogens (tertiary/aromatic N) is 2. The van der Waals surface area contributed by atoms with E-state index in [2.05, 4.69) is 226 Å². The molecule has 0 saturated heterocycles. The molecular formula is C61H42N2. The third-order valence-corrected chi connectivity index (χ3v) is 13.3. The van der Waals surface area contributed by atoms with Crippen LogP contribution in [0.2, 0.25) is 0 Å². The van der Waals surface area contributed by atoms with Gasteiger partial charge >= 0.3 is 0 Å². The third-order valence-electron chi connectivity index (χ3n) is 13.3. The van der Waals surface area contributed by atoms with Gasteiger partial charge in [0, 0.05) is 22.1 Å². The van der Waals surface area contributed by atoms with E-state index in [1.165, 1.54) is 71.3 Å². The van der Waals surface area contributed by atoms with E-state index in [4.69, 9.17) is 9.97 Å². The molecule has 12 rings (SSSR count). The van der Waals surface area contributed by atoms with Crippen LogP contribution in [-0.2, 0) is 5.41 Å². The van der Waals surface area contributed by atoms with Crippen molar-refractivity contribution in [3.8, 4) is 78.4 Å². The van der Waals surface area contributed by atoms with Gasteiger partial charge in [-0.05, 0) is 118 Å². The molecule has 296 valence electrons. The van der Waals surface area contributed by atoms with Gasteiger partial charge in [0.2, 0.25) is 0 Å². The SMILES string of the molecule is CC1(C)c2ccccc2-c2ccc(-c3ccccc3-c3cc(-c4cccc(-c5cccc(-c6c7ccccc7cc7c6ccc6ccccc67)c5)c4)nc(-c4ccccc4)n3)cc21. The van der Waals surface area contributed by atoms with Crippen LogP contribution in [0.15, 0.2) is 218 Å². The molecule has 0 saturated carbocycles. The van der Waals surface area contributed by atoms with Gasteiger partial charge in [-0.25, -0.2) is 9.97 Å². The fraction of sp³-hybridized carbons (Fsp3) is 0.0492. The summed E-state index contributed by atoms with van der Waals surface area (Å²) in [5.74, 6) is 0.700. The summed E-state index contributed by atoms with van der Waals surface area (Å²) in [6.07, 6.45) is 0. The Morgan fingerprint density at radius 3 is 1.73 bits per heavy atom. The summed E-state index contributed by atoms with van der Waals surface area (Å²) in [6, 6.07) is 79.2. The molecule has 0 amide bonds. The third kappa shape index (κ3) is 6.17. The Morgan fingerprint density at radius 1 is 0.302 bits per heavy atom. The van der Waals surface area contributed by atoms with Crippen molar-refractivity contribution >= 4 is 32.3 Å². The van der Waals surface area contributed by atoms with Crippen LogP contribution >= 0.6 is 0 Å². The minimum atomic E-state index is -0.0957. The first-order valence-electron chi connectivity index (χ1n) is 21.8. The second-order valence-corrected chi connectivity index (χ2v) is 17.3. The van der Waals surface area contributed by atoms with Crippen LogP contribution in [0.4, 0.5) is 0 Å². The lowest BCUT2D eigenvalue weighted by atomic mass is 9.81. The second kappa shape index (κ2) is 14.6. The molecule has 1 heterocycles. The van der Waals surface area contributed by atoms with Crippen LogP contribution in [0.3, 0.4) is 0 Å². The number of hydrogen-bond acceptors (Lipinski definition) is 2. The van der Waals surface area contributed by atoms with E-state index in [1.807, 2.05) is 6.07 Å². The maximum Gasteiger partial charge on any atom is 0.160 e. The average Bonchev–Trinajstić information content (AvgIpc) is 3.58. The lowest BCUT2D eigenvalue weighted by Crippen LogP contribution is -2.14. The fourth-order valence-electron chi connectivity index (χ4n) is 10.1. The summed E-state index contributed by atoms with van der Waals surface area (Å²) >= 11 is 0. The van der Waals surface area contributed by atoms with Crippen LogP contribution in [-0.4, -0.2) is 9.97 Å². The van der Waals surface area contributed by atoms with E-state index in [1.54, 1.807) is 0 Å². The molecule has 11 aromatic rings. The van der Waals surface area contributed by atoms with Gasteiger partial charge in [0.15, 0.2) is 5.82 Å². The van der Waals surface area contributed by atoms with Gasteiger partial charge in [-0.1, -0.05) is 202 Å². The molecule has 10 aromatic carbocycles. The highest BCUT2D eigenvalue weighted by atomic mass is 14.9. The lowest BCUT2D eigenvalue weighted by molar-refractivity contribution is 0.660. The van der Waals surface area contributed by atoms with Crippen molar-refractivity contribution in [2.75, 3.05) is 0 Å². The van der Waals surface area contributed by atoms with Crippen molar-refractivity contribution in [3.63, 3.8) is 0 Å². The van der Waals surface area contributed by atoms with Crippen molar-refractivity contribution in [3.05, 3.63) is 230 Å². The Labute approximate surface area is 367 Å². The number of benzene rings is 10. The van der Waals surface area contributed by atoms with E-state index < -0.39 is 0 Å². The minimum absolute atomic E-state index is 0.0957. The summed E-state index contributed by atoms with van der Waals surface area (Å²) in [5, 5.41) is 7.55. The van der Waals surface area contributed by atoms with Crippen molar-refractivity contribution < 1.29 is 0 Å². The Kier molecular flexibility index (Phi) is 8.55. The van der Waals surface area contributed by atoms with Crippen molar-refractivity contribution in [1.82, 2.24) is 9.97 Å². The summed E-state index contributed by atoms with van der Waals surface area (Å²) in [6.45, 7) is 4.68. The molecule has 0 fully saturated rings. The molecule has 2 nitrogen and oxygen atoms in total. The molecule has 1 aliphatic rings. The molecule has 63 heavy (non-hydrogen) atoms. The topological polar surface area (TPSA) is 25.8 Å². The van der Waals surface area contributed by atoms with E-state index in [9.17, 15) is 0 Å². The largest absolute Gasteiger partial charge is 0.228 e. The molecule has 0 bridgehead atoms. The highest BCUT2D eigenvalue weighted by molar-refractivity contribution is 6.20. The highest BCUT2D eigenvalue weighted by Crippen LogP contribution is 2.50. The monoisotopic (exact) mass is 802 g/mol. The summed E-state index contributed by atoms with van der Waals surface area (Å²) in [4.78, 5) is 10.6. The smallest absolute Gasteiger partial charge is 0.160 e. The standard InChI is InChI=1S/C61H42N2/c1-61(2)55-29-13-12-27-50(55)51-32-31-44(37-56(51)61)48-25-10-11-28-52(48)58-38-57(62-60(63-58)40-17-4-3-5-18-40)45-22-14-20-41(34-45)42-21-15-23-46(35-42)59-49-26-9-7-19-43(49)36-54-47-24-8-6-16-39(47)30-33-53(54)59/h3-38H,1-2H3. The zero-order chi connectivity index (χ0) is 42.1. The van der Waals surface area contributed by atoms with Gasteiger partial charge in [0.05, 0.1) is 11.4 Å². The van der Waals surface area contributed by atoms with Crippen molar-refractivity contribution in [2.24, 2.45) is 0 Å². The van der Waals surface area contributed by atoms with Gasteiger partial charge in [0.25, 0.3) is 0 Å². The molecule has 1 aromatic heterocycles. The number of hydrogen-bond donors (Lipinski definition) is 0. The predicted molar refractivity (Wildman–Crippen MR) is 265 cm³/mol. The van der Waals surface area contributed by atoms with Crippen molar-refractivity contribution in [1.29, 1.82) is 0 Å². The molecule has 0 atom stereocenters. The zero-order valence-corrected chi connectivity index (χ0v) is 35.2. The van der Waals surface area contributed by atoms with Crippen LogP contribution in [0.5, 0.6) is 0 Å². The maximum atomic E-state index is 5.30. The molecule has 0 N–H and O–H groups in total. The predicted octanol–water partition coefficient (Wildman–Crippen LogP) is 16.2. The molecule has 0 aliphatic heterocycles. The first kappa shape index (κ1) is 36.9. The first-order chi connectivity index (χ1) is 31.0. The van der Waals surface area contributed by atoms with E-state index >= 15 is 0 Å². The molecule has 0 spiro atoms. The van der Waals surface area contributed by atoms with Gasteiger partial charge in [0.1, 0.15) is 0 Å². The quantitative estimate of drug-likeness (QED) is 0.124. The normalized spacial score (nSPS) is 12.7. The maximum absolute atomic E-state index is 5.30. The van der Waals surface area contributed by atoms with Crippen LogP contribution in [0.25, 0.3) is 111 Å². The second-order valence-electron chi connectivity index (χ2n) is 17.3. The summed E-state index contributed by atoms with van der Waals surface area (Å²) in [5.41, 5.74) is 17.2. The molecule has 1 aliphatic carbocycles. The average molecular weight is 803 g/mol. The first-order valence-corrected chi connectivity index (χ1v) is 21.8. The molecular weight excluding hydrogens is 761 g/mol. The number of aromatic nitrogens is 2. The molecule has 2 heteroatoms. The van der Waals surface area contributed by atoms with Crippen molar-refractivity contribution in [2.45, 2.75) is 19.3 Å². The Bertz CT molecular complexity index is 3600. The fourth-order valence-corrected chi connectivity index (χ4v) is 10.1. The Hall–Kier alpha value is -7.94. The van der Waals surface area contributed by atoms with E-state index in [0.717, 1.165) is 44.8 Å². The number of fused-ring (bicyclic) bond motifs is 7. The minimum Gasteiger partial charge on any atom is -0.228 e. The number of rotatable bonds is 6. The Morgan fingerprint density at radius 2 is 0.905 bits per heavy atom. The highest BCUT2D eigenvalue weighted by Gasteiger charge is 2.35. The molecule has 0 radical (unpaired) electrons. The van der Waals surface area contributed by atoms with E-state index in [-0.39, 0.29) is 5.41 Å². The van der Waals surface area contributed by atoms with Gasteiger partial charge in [-0.3, -0.25) is 0 Å². The van der Waals surface area contributed by atoms with Crippen LogP contribution in [0.1, 0.15) is 25.0 Å². The lowest BCUT2D eigenvalue weighted by Gasteiger charge is -2.22. The van der Waals surface area contributed by atoms with E-state index in [0.29, 0.717) is 5.82 Å². The molecule has 0 unspecified atom stereocenters. The summed E-state index contributed by atoms with van der Waals surface area (Å²) < 4.78 is 0. The van der Waals surface area contributed by atoms with Gasteiger partial charge in [-0.2, -0.15) is 0 Å². The zero-order valence-electron chi connectivity index (χ0n) is 35.2. The summed E-state index contributed by atoms with van der Waals surface area (Å²) in [7, 11) is 0. The van der Waals surface area contributed by atoms with Crippen LogP contribution < -0.4 is 0 Å². The van der Waals surface area contributed by atoms with Gasteiger partial charge in [-0.15, -0.1) is 0 Å².